The van der Waals surface area contributed by atoms with Crippen molar-refractivity contribution in [3.8, 4) is 0 Å². The zero-order valence-corrected chi connectivity index (χ0v) is 7.83. The first-order chi connectivity index (χ1) is 2.77. The van der Waals surface area contributed by atoms with Crippen LogP contribution in [0, 0.1) is 0 Å². The zero-order chi connectivity index (χ0) is 4.99. The third kappa shape index (κ3) is 5.36. The molecule has 0 saturated heterocycles. The minimum atomic E-state index is -0.347. The molecule has 0 aliphatic carbocycles. The van der Waals surface area contributed by atoms with Crippen molar-refractivity contribution in [2.75, 3.05) is 6.61 Å². The third-order valence-corrected chi connectivity index (χ3v) is 1.02. The summed E-state index contributed by atoms with van der Waals surface area (Å²) >= 11 is 11.2. The molecular weight excluding hydrogens is 233 g/mol. The van der Waals surface area contributed by atoms with Gasteiger partial charge in [0.2, 0.25) is 0 Å². The molecule has 0 fully saturated rings. The Morgan fingerprint density at radius 2 is 2.17 bits per heavy atom. The van der Waals surface area contributed by atoms with E-state index in [4.69, 9.17) is 23.2 Å². The van der Waals surface area contributed by atoms with Crippen LogP contribution in [0.4, 0.5) is 0 Å². The van der Waals surface area contributed by atoms with Gasteiger partial charge in [0.15, 0.2) is 0 Å². The average molecular weight is 238 g/mol. The maximum atomic E-state index is 5.24. The molecule has 4 heteroatoms. The molecule has 0 amide bonds. The van der Waals surface area contributed by atoms with E-state index in [1.165, 1.54) is 0 Å². The molecule has 0 bridgehead atoms. The molecule has 0 aromatic rings. The van der Waals surface area contributed by atoms with E-state index in [0.717, 1.165) is 23.4 Å². The second-order valence-corrected chi connectivity index (χ2v) is 2.95. The van der Waals surface area contributed by atoms with E-state index in [1.807, 2.05) is 0 Å². The Hall–Kier alpha value is 1.36. The summed E-state index contributed by atoms with van der Waals surface area (Å²) in [5.41, 5.74) is 0. The van der Waals surface area contributed by atoms with Gasteiger partial charge in [0.05, 0.1) is 0 Å². The number of halogens is 2. The van der Waals surface area contributed by atoms with Gasteiger partial charge in [0, 0.05) is 0 Å². The van der Waals surface area contributed by atoms with E-state index in [9.17, 15) is 0 Å². The molecule has 0 unspecified atom stereocenters. The Morgan fingerprint density at radius 1 is 1.67 bits per heavy atom. The van der Waals surface area contributed by atoms with Crippen molar-refractivity contribution in [1.29, 1.82) is 0 Å². The number of rotatable bonds is 2. The fourth-order valence-corrected chi connectivity index (χ4v) is 1.46. The fourth-order valence-electron chi connectivity index (χ4n) is 0.0727. The first-order valence-corrected chi connectivity index (χ1v) is 3.59. The molecule has 0 spiro atoms. The molecule has 0 aromatic carbocycles. The fraction of sp³-hybridized carbons (Fsp3) is 1.00. The third-order valence-electron chi connectivity index (χ3n) is 0.222. The summed E-state index contributed by atoms with van der Waals surface area (Å²) in [6, 6.07) is 0. The van der Waals surface area contributed by atoms with Crippen molar-refractivity contribution in [3.63, 3.8) is 0 Å². The summed E-state index contributed by atoms with van der Waals surface area (Å²) in [5, 5.41) is 0. The summed E-state index contributed by atoms with van der Waals surface area (Å²) in [7, 11) is 0. The molecule has 0 atom stereocenters. The van der Waals surface area contributed by atoms with Gasteiger partial charge < -0.3 is 0 Å². The number of hydrogen-bond donors (Lipinski definition) is 0. The Labute approximate surface area is 61.0 Å². The molecule has 6 heavy (non-hydrogen) atoms. The van der Waals surface area contributed by atoms with Crippen LogP contribution in [0.25, 0.3) is 0 Å². The van der Waals surface area contributed by atoms with Gasteiger partial charge in [-0.25, -0.2) is 0 Å². The van der Waals surface area contributed by atoms with Crippen LogP contribution in [-0.4, -0.2) is 34.9 Å². The SMILES string of the molecule is ClC(Cl)C[O][SbH2]. The van der Waals surface area contributed by atoms with Crippen LogP contribution in [0.5, 0.6) is 0 Å². The first-order valence-electron chi connectivity index (χ1n) is 1.37. The molecule has 1 nitrogen and oxygen atoms in total. The van der Waals surface area contributed by atoms with Gasteiger partial charge in [0.25, 0.3) is 0 Å². The molecule has 38 valence electrons. The molecule has 0 aromatic heterocycles. The van der Waals surface area contributed by atoms with E-state index in [0.29, 0.717) is 6.61 Å². The van der Waals surface area contributed by atoms with E-state index < -0.39 is 0 Å². The topological polar surface area (TPSA) is 9.23 Å². The number of alkyl halides is 2. The monoisotopic (exact) mass is 236 g/mol. The predicted octanol–water partition coefficient (Wildman–Crippen LogP) is 0.355. The Kier molecular flexibility index (Phi) is 5.54. The molecule has 0 saturated carbocycles. The van der Waals surface area contributed by atoms with Crippen LogP contribution in [0.1, 0.15) is 0 Å². The second-order valence-electron chi connectivity index (χ2n) is 0.724. The van der Waals surface area contributed by atoms with Crippen LogP contribution >= 0.6 is 23.2 Å². The van der Waals surface area contributed by atoms with Crippen LogP contribution in [0.3, 0.4) is 0 Å². The van der Waals surface area contributed by atoms with Gasteiger partial charge in [-0.15, -0.1) is 0 Å². The summed E-state index contributed by atoms with van der Waals surface area (Å²) < 4.78 is 4.67. The van der Waals surface area contributed by atoms with E-state index in [1.54, 1.807) is 0 Å². The average Bonchev–Trinajstić information content (AvgIpc) is 1.35. The van der Waals surface area contributed by atoms with E-state index in [2.05, 4.69) is 3.02 Å². The van der Waals surface area contributed by atoms with Crippen molar-refractivity contribution < 1.29 is 3.02 Å². The normalized spacial score (nSPS) is 10.0. The van der Waals surface area contributed by atoms with Gasteiger partial charge in [-0.2, -0.15) is 0 Å². The van der Waals surface area contributed by atoms with Crippen LogP contribution in [-0.2, 0) is 3.02 Å². The summed E-state index contributed by atoms with van der Waals surface area (Å²) in [6.45, 7) is 0.464. The van der Waals surface area contributed by atoms with Gasteiger partial charge in [0.1, 0.15) is 0 Å². The van der Waals surface area contributed by atoms with Gasteiger partial charge in [-0.1, -0.05) is 0 Å². The van der Waals surface area contributed by atoms with Crippen LogP contribution in [0.15, 0.2) is 0 Å². The maximum absolute atomic E-state index is 5.24. The van der Waals surface area contributed by atoms with Crippen LogP contribution in [0.2, 0.25) is 0 Å². The molecule has 0 radical (unpaired) electrons. The summed E-state index contributed by atoms with van der Waals surface area (Å²) in [4.78, 5) is -0.347. The van der Waals surface area contributed by atoms with E-state index in [-0.39, 0.29) is 4.84 Å². The van der Waals surface area contributed by atoms with Crippen molar-refractivity contribution in [1.82, 2.24) is 0 Å². The number of hydrogen-bond acceptors (Lipinski definition) is 1. The summed E-state index contributed by atoms with van der Waals surface area (Å²) in [5.74, 6) is 0. The summed E-state index contributed by atoms with van der Waals surface area (Å²) in [6.07, 6.45) is 0. The van der Waals surface area contributed by atoms with Crippen molar-refractivity contribution >= 4 is 46.6 Å². The van der Waals surface area contributed by atoms with Gasteiger partial charge in [-0.3, -0.25) is 0 Å². The van der Waals surface area contributed by atoms with Gasteiger partial charge in [-0.05, 0) is 0 Å². The minimum absolute atomic E-state index is 0.347. The molecule has 0 heterocycles. The molecule has 0 rings (SSSR count). The van der Waals surface area contributed by atoms with Crippen molar-refractivity contribution in [2.45, 2.75) is 4.84 Å². The van der Waals surface area contributed by atoms with Crippen LogP contribution < -0.4 is 0 Å². The Balaban J connectivity index is 2.63. The van der Waals surface area contributed by atoms with E-state index >= 15 is 0 Å². The standard InChI is InChI=1S/C2H3Cl2O.Sb.2H/c3-2(4)1-5;;;/h2H,1H2;;;/q-1;+1;;. The van der Waals surface area contributed by atoms with Crippen molar-refractivity contribution in [2.24, 2.45) is 0 Å². The van der Waals surface area contributed by atoms with Gasteiger partial charge >= 0.3 is 61.1 Å². The Morgan fingerprint density at radius 3 is 2.17 bits per heavy atom. The molecule has 0 aliphatic heterocycles. The quantitative estimate of drug-likeness (QED) is 0.498. The molecule has 0 aliphatic rings. The zero-order valence-electron chi connectivity index (χ0n) is 3.03. The Bertz CT molecular complexity index is 32.7. The molecule has 0 N–H and O–H groups in total. The first kappa shape index (κ1) is 7.36. The van der Waals surface area contributed by atoms with Crippen molar-refractivity contribution in [3.05, 3.63) is 0 Å². The predicted molar refractivity (Wildman–Crippen MR) is 30.0 cm³/mol. The second kappa shape index (κ2) is 4.52. The molecular formula is C2H5Cl2OSb.